The highest BCUT2D eigenvalue weighted by molar-refractivity contribution is 7.89. The average molecular weight is 565 g/mol. The van der Waals surface area contributed by atoms with E-state index in [4.69, 9.17) is 0 Å². The number of amides is 1. The van der Waals surface area contributed by atoms with Crippen molar-refractivity contribution in [3.05, 3.63) is 33.9 Å². The van der Waals surface area contributed by atoms with Crippen molar-refractivity contribution in [3.63, 3.8) is 0 Å². The standard InChI is InChI=1S/C25H39F3N4O5S/c1-2-38(36,37)31-18-16-30(17-19-31)15-11-9-7-5-3-4-6-8-10-12-24(33)29-21-13-14-23(32(34)35)22(20-21)25(26,27)28/h13-14,20H,2-12,15-19H2,1H3,(H,29,33). The summed E-state index contributed by atoms with van der Waals surface area (Å²) in [4.78, 5) is 24.1. The molecule has 0 spiro atoms. The number of nitro groups is 1. The number of sulfonamides is 1. The Bertz CT molecular complexity index is 1010. The first-order chi connectivity index (χ1) is 17.9. The number of hydrogen-bond donors (Lipinski definition) is 1. The van der Waals surface area contributed by atoms with Gasteiger partial charge >= 0.3 is 6.18 Å². The second kappa shape index (κ2) is 15.4. The highest BCUT2D eigenvalue weighted by atomic mass is 32.2. The number of unbranched alkanes of at least 4 members (excludes halogenated alkanes) is 8. The maximum absolute atomic E-state index is 13.1. The summed E-state index contributed by atoms with van der Waals surface area (Å²) >= 11 is 0. The second-order valence-electron chi connectivity index (χ2n) is 9.61. The molecule has 0 aliphatic carbocycles. The van der Waals surface area contributed by atoms with E-state index in [9.17, 15) is 36.5 Å². The first kappa shape index (κ1) is 32.0. The molecule has 13 heteroatoms. The number of carbonyl (C=O) groups is 1. The van der Waals surface area contributed by atoms with Gasteiger partial charge in [0.15, 0.2) is 0 Å². The Kier molecular flexibility index (Phi) is 12.9. The zero-order valence-electron chi connectivity index (χ0n) is 22.0. The van der Waals surface area contributed by atoms with Crippen LogP contribution in [0.25, 0.3) is 0 Å². The lowest BCUT2D eigenvalue weighted by atomic mass is 10.1. The van der Waals surface area contributed by atoms with Crippen molar-refractivity contribution in [1.82, 2.24) is 9.21 Å². The molecule has 0 unspecified atom stereocenters. The molecule has 1 aliphatic rings. The Morgan fingerprint density at radius 2 is 1.53 bits per heavy atom. The van der Waals surface area contributed by atoms with Gasteiger partial charge in [0.2, 0.25) is 15.9 Å². The van der Waals surface area contributed by atoms with Gasteiger partial charge in [-0.1, -0.05) is 44.9 Å². The third-order valence-corrected chi connectivity index (χ3v) is 8.63. The number of nitrogens with one attached hydrogen (secondary N) is 1. The van der Waals surface area contributed by atoms with Crippen LogP contribution in [0.15, 0.2) is 18.2 Å². The van der Waals surface area contributed by atoms with Crippen LogP contribution >= 0.6 is 0 Å². The number of alkyl halides is 3. The van der Waals surface area contributed by atoms with E-state index >= 15 is 0 Å². The van der Waals surface area contributed by atoms with Crippen LogP contribution in [0.4, 0.5) is 24.5 Å². The molecule has 38 heavy (non-hydrogen) atoms. The lowest BCUT2D eigenvalue weighted by Crippen LogP contribution is -2.49. The minimum atomic E-state index is -4.89. The van der Waals surface area contributed by atoms with Crippen LogP contribution in [-0.4, -0.2) is 66.9 Å². The van der Waals surface area contributed by atoms with E-state index < -0.39 is 38.3 Å². The van der Waals surface area contributed by atoms with Crippen LogP contribution in [0.1, 0.15) is 76.7 Å². The summed E-state index contributed by atoms with van der Waals surface area (Å²) in [7, 11) is -3.08. The Balaban J connectivity index is 1.49. The molecule has 9 nitrogen and oxygen atoms in total. The van der Waals surface area contributed by atoms with Gasteiger partial charge in [0.05, 0.1) is 10.7 Å². The topological polar surface area (TPSA) is 113 Å². The molecule has 0 saturated carbocycles. The monoisotopic (exact) mass is 564 g/mol. The molecule has 1 heterocycles. The normalized spacial score (nSPS) is 15.5. The summed E-state index contributed by atoms with van der Waals surface area (Å²) in [5.74, 6) is -0.262. The van der Waals surface area contributed by atoms with Crippen LogP contribution in [0.2, 0.25) is 0 Å². The third kappa shape index (κ3) is 10.9. The Hall–Kier alpha value is -2.25. The molecule has 216 valence electrons. The maximum atomic E-state index is 13.1. The number of halogens is 3. The van der Waals surface area contributed by atoms with Gasteiger partial charge in [0.25, 0.3) is 5.69 Å². The van der Waals surface area contributed by atoms with Crippen molar-refractivity contribution in [2.75, 3.05) is 43.8 Å². The van der Waals surface area contributed by atoms with E-state index in [0.29, 0.717) is 25.6 Å². The van der Waals surface area contributed by atoms with Gasteiger partial charge in [-0.25, -0.2) is 8.42 Å². The average Bonchev–Trinajstić information content (AvgIpc) is 2.86. The zero-order valence-corrected chi connectivity index (χ0v) is 22.8. The van der Waals surface area contributed by atoms with Crippen molar-refractivity contribution in [2.45, 2.75) is 77.3 Å². The van der Waals surface area contributed by atoms with Crippen molar-refractivity contribution in [3.8, 4) is 0 Å². The maximum Gasteiger partial charge on any atom is 0.423 e. The van der Waals surface area contributed by atoms with E-state index in [-0.39, 0.29) is 17.9 Å². The molecule has 0 bridgehead atoms. The summed E-state index contributed by atoms with van der Waals surface area (Å²) in [5, 5.41) is 13.2. The molecule has 1 aliphatic heterocycles. The number of hydrogen-bond acceptors (Lipinski definition) is 6. The first-order valence-electron chi connectivity index (χ1n) is 13.3. The minimum absolute atomic E-state index is 0.111. The van der Waals surface area contributed by atoms with Gasteiger partial charge in [-0.2, -0.15) is 17.5 Å². The van der Waals surface area contributed by atoms with Crippen molar-refractivity contribution >= 4 is 27.3 Å². The largest absolute Gasteiger partial charge is 0.423 e. The molecule has 1 amide bonds. The molecule has 0 radical (unpaired) electrons. The van der Waals surface area contributed by atoms with E-state index in [1.807, 2.05) is 0 Å². The molecule has 0 aromatic heterocycles. The summed E-state index contributed by atoms with van der Waals surface area (Å²) in [6.07, 6.45) is 4.47. The Morgan fingerprint density at radius 1 is 0.974 bits per heavy atom. The summed E-state index contributed by atoms with van der Waals surface area (Å²) in [6, 6.07) is 2.45. The summed E-state index contributed by atoms with van der Waals surface area (Å²) in [6.45, 7) is 5.41. The number of benzene rings is 1. The zero-order chi connectivity index (χ0) is 28.2. The van der Waals surface area contributed by atoms with E-state index in [0.717, 1.165) is 83.1 Å². The smallest absolute Gasteiger partial charge is 0.326 e. The Morgan fingerprint density at radius 3 is 2.05 bits per heavy atom. The van der Waals surface area contributed by atoms with Gasteiger partial charge in [-0.05, 0) is 38.4 Å². The van der Waals surface area contributed by atoms with Gasteiger partial charge in [-0.3, -0.25) is 14.9 Å². The molecule has 0 atom stereocenters. The molecule has 1 N–H and O–H groups in total. The molecule has 2 rings (SSSR count). The first-order valence-corrected chi connectivity index (χ1v) is 14.9. The predicted molar refractivity (Wildman–Crippen MR) is 140 cm³/mol. The van der Waals surface area contributed by atoms with Gasteiger partial charge in [-0.15, -0.1) is 0 Å². The Labute approximate surface area is 223 Å². The van der Waals surface area contributed by atoms with Crippen LogP contribution < -0.4 is 5.32 Å². The van der Waals surface area contributed by atoms with Crippen LogP contribution in [-0.2, 0) is 21.0 Å². The number of nitrogens with zero attached hydrogens (tertiary/aromatic N) is 3. The minimum Gasteiger partial charge on any atom is -0.326 e. The quantitative estimate of drug-likeness (QED) is 0.163. The van der Waals surface area contributed by atoms with E-state index in [2.05, 4.69) is 10.2 Å². The molecular formula is C25H39F3N4O5S. The van der Waals surface area contributed by atoms with Crippen molar-refractivity contribution < 1.29 is 31.3 Å². The number of anilines is 1. The highest BCUT2D eigenvalue weighted by Gasteiger charge is 2.38. The molecule has 1 aromatic carbocycles. The second-order valence-corrected chi connectivity index (χ2v) is 11.9. The molecule has 1 saturated heterocycles. The lowest BCUT2D eigenvalue weighted by Gasteiger charge is -2.33. The van der Waals surface area contributed by atoms with Crippen LogP contribution in [0, 0.1) is 10.1 Å². The fourth-order valence-electron chi connectivity index (χ4n) is 4.50. The summed E-state index contributed by atoms with van der Waals surface area (Å²) in [5.41, 5.74) is -2.54. The number of piperazine rings is 1. The van der Waals surface area contributed by atoms with Gasteiger partial charge in [0, 0.05) is 44.4 Å². The lowest BCUT2D eigenvalue weighted by molar-refractivity contribution is -0.388. The fraction of sp³-hybridized carbons (Fsp3) is 0.720. The number of nitro benzene ring substituents is 1. The predicted octanol–water partition coefficient (Wildman–Crippen LogP) is 5.42. The van der Waals surface area contributed by atoms with Crippen LogP contribution in [0.5, 0.6) is 0 Å². The van der Waals surface area contributed by atoms with E-state index in [1.165, 1.54) is 0 Å². The molecule has 1 aromatic rings. The molecular weight excluding hydrogens is 525 g/mol. The SMILES string of the molecule is CCS(=O)(=O)N1CCN(CCCCCCCCCCCC(=O)Nc2ccc([N+](=O)[O-])c(C(F)(F)F)c2)CC1. The third-order valence-electron chi connectivity index (χ3n) is 6.75. The highest BCUT2D eigenvalue weighted by Crippen LogP contribution is 2.37. The van der Waals surface area contributed by atoms with E-state index in [1.54, 1.807) is 11.2 Å². The number of rotatable bonds is 16. The summed E-state index contributed by atoms with van der Waals surface area (Å²) < 4.78 is 64.6. The van der Waals surface area contributed by atoms with Crippen molar-refractivity contribution in [2.24, 2.45) is 0 Å². The van der Waals surface area contributed by atoms with Crippen molar-refractivity contribution in [1.29, 1.82) is 0 Å². The number of carbonyl (C=O) groups excluding carboxylic acids is 1. The van der Waals surface area contributed by atoms with Gasteiger partial charge < -0.3 is 10.2 Å². The van der Waals surface area contributed by atoms with Gasteiger partial charge in [0.1, 0.15) is 5.56 Å². The molecule has 1 fully saturated rings. The fourth-order valence-corrected chi connectivity index (χ4v) is 5.58. The van der Waals surface area contributed by atoms with Crippen LogP contribution in [0.3, 0.4) is 0 Å².